The molecule has 0 aliphatic carbocycles. The molecule has 0 spiro atoms. The van der Waals surface area contributed by atoms with Gasteiger partial charge in [0.2, 0.25) is 10.0 Å². The van der Waals surface area contributed by atoms with Crippen molar-refractivity contribution in [1.29, 1.82) is 0 Å². The van der Waals surface area contributed by atoms with Crippen molar-refractivity contribution in [3.8, 4) is 5.75 Å². The Kier molecular flexibility index (Phi) is 5.20. The van der Waals surface area contributed by atoms with Crippen molar-refractivity contribution in [2.24, 2.45) is 0 Å². The highest BCUT2D eigenvalue weighted by Gasteiger charge is 2.34. The van der Waals surface area contributed by atoms with Crippen LogP contribution in [0.15, 0.2) is 40.1 Å². The van der Waals surface area contributed by atoms with Crippen LogP contribution >= 0.6 is 0 Å². The van der Waals surface area contributed by atoms with Crippen LogP contribution in [0.25, 0.3) is 0 Å². The van der Waals surface area contributed by atoms with Crippen molar-refractivity contribution in [3.63, 3.8) is 0 Å². The highest BCUT2D eigenvalue weighted by molar-refractivity contribution is 7.93. The second kappa shape index (κ2) is 7.06. The normalized spacial score (nSPS) is 14.4. The fourth-order valence-electron chi connectivity index (χ4n) is 3.51. The third kappa shape index (κ3) is 3.27. The molecule has 0 saturated carbocycles. The average Bonchev–Trinajstić information content (AvgIpc) is 3.04. The van der Waals surface area contributed by atoms with Crippen LogP contribution in [0.5, 0.6) is 5.75 Å². The Morgan fingerprint density at radius 1 is 1.00 bits per heavy atom. The first kappa shape index (κ1) is 20.6. The lowest BCUT2D eigenvalue weighted by Gasteiger charge is -2.23. The molecule has 0 saturated heterocycles. The van der Waals surface area contributed by atoms with Crippen LogP contribution in [0.3, 0.4) is 0 Å². The zero-order valence-electron chi connectivity index (χ0n) is 16.6. The fraction of sp³-hybridized carbons (Fsp3) is 0.368. The largest absolute Gasteiger partial charge is 0.497 e. The Balaban J connectivity index is 2.07. The van der Waals surface area contributed by atoms with E-state index >= 15 is 0 Å². The number of nitrogens with zero attached hydrogens (tertiary/aromatic N) is 2. The van der Waals surface area contributed by atoms with Gasteiger partial charge in [0.05, 0.1) is 22.6 Å². The third-order valence-electron chi connectivity index (χ3n) is 4.90. The van der Waals surface area contributed by atoms with E-state index in [-0.39, 0.29) is 16.3 Å². The Hall–Kier alpha value is -2.10. The quantitative estimate of drug-likeness (QED) is 0.735. The molecule has 1 heterocycles. The lowest BCUT2D eigenvalue weighted by atomic mass is 10.1. The molecule has 0 unspecified atom stereocenters. The summed E-state index contributed by atoms with van der Waals surface area (Å²) < 4.78 is 59.2. The second-order valence-electron chi connectivity index (χ2n) is 7.00. The summed E-state index contributed by atoms with van der Waals surface area (Å²) in [4.78, 5) is 0.415. The van der Waals surface area contributed by atoms with Crippen molar-refractivity contribution < 1.29 is 21.6 Å². The number of hydrogen-bond donors (Lipinski definition) is 0. The first-order valence-corrected chi connectivity index (χ1v) is 11.6. The molecule has 1 aliphatic heterocycles. The van der Waals surface area contributed by atoms with Gasteiger partial charge in [-0.05, 0) is 67.3 Å². The molecule has 0 radical (unpaired) electrons. The minimum atomic E-state index is -3.79. The van der Waals surface area contributed by atoms with Crippen molar-refractivity contribution in [3.05, 3.63) is 47.0 Å². The van der Waals surface area contributed by atoms with Gasteiger partial charge in [-0.1, -0.05) is 0 Å². The van der Waals surface area contributed by atoms with E-state index in [4.69, 9.17) is 4.74 Å². The summed E-state index contributed by atoms with van der Waals surface area (Å²) in [7, 11) is -2.88. The van der Waals surface area contributed by atoms with Crippen molar-refractivity contribution in [1.82, 2.24) is 4.31 Å². The molecule has 152 valence electrons. The molecule has 7 nitrogen and oxygen atoms in total. The van der Waals surface area contributed by atoms with Gasteiger partial charge < -0.3 is 4.74 Å². The van der Waals surface area contributed by atoms with Crippen molar-refractivity contribution >= 4 is 25.7 Å². The Morgan fingerprint density at radius 2 is 1.61 bits per heavy atom. The van der Waals surface area contributed by atoms with Crippen LogP contribution in [0, 0.1) is 13.8 Å². The predicted octanol–water partition coefficient (Wildman–Crippen LogP) is 2.31. The van der Waals surface area contributed by atoms with E-state index in [1.54, 1.807) is 45.2 Å². The summed E-state index contributed by atoms with van der Waals surface area (Å²) in [6, 6.07) is 7.99. The molecule has 0 bridgehead atoms. The zero-order valence-corrected chi connectivity index (χ0v) is 18.2. The van der Waals surface area contributed by atoms with Gasteiger partial charge in [0.1, 0.15) is 5.75 Å². The molecule has 1 aliphatic rings. The number of hydrogen-bond acceptors (Lipinski definition) is 5. The molecular weight excluding hydrogens is 400 g/mol. The van der Waals surface area contributed by atoms with E-state index in [1.165, 1.54) is 24.5 Å². The zero-order chi connectivity index (χ0) is 20.9. The second-order valence-corrected chi connectivity index (χ2v) is 10.9. The van der Waals surface area contributed by atoms with E-state index in [2.05, 4.69) is 0 Å². The van der Waals surface area contributed by atoms with Gasteiger partial charge in [0.25, 0.3) is 10.0 Å². The number of methoxy groups -OCH3 is 1. The van der Waals surface area contributed by atoms with Gasteiger partial charge >= 0.3 is 0 Å². The van der Waals surface area contributed by atoms with E-state index in [9.17, 15) is 16.8 Å². The minimum absolute atomic E-state index is 0.160. The van der Waals surface area contributed by atoms with E-state index < -0.39 is 20.0 Å². The molecule has 0 amide bonds. The predicted molar refractivity (Wildman–Crippen MR) is 108 cm³/mol. The molecule has 0 atom stereocenters. The molecule has 3 rings (SSSR count). The molecule has 2 aromatic rings. The molecule has 0 fully saturated rings. The third-order valence-corrected chi connectivity index (χ3v) is 8.83. The molecule has 2 aromatic carbocycles. The van der Waals surface area contributed by atoms with Crippen LogP contribution in [-0.4, -0.2) is 48.9 Å². The monoisotopic (exact) mass is 424 g/mol. The topological polar surface area (TPSA) is 84.0 Å². The summed E-state index contributed by atoms with van der Waals surface area (Å²) in [5.41, 5.74) is 2.44. The van der Waals surface area contributed by atoms with Gasteiger partial charge in [-0.3, -0.25) is 4.31 Å². The first-order valence-electron chi connectivity index (χ1n) is 8.73. The number of fused-ring (bicyclic) bond motifs is 1. The summed E-state index contributed by atoms with van der Waals surface area (Å²) in [5, 5.41) is 0. The first-order chi connectivity index (χ1) is 13.0. The smallest absolute Gasteiger partial charge is 0.264 e. The van der Waals surface area contributed by atoms with E-state index in [0.29, 0.717) is 34.5 Å². The number of anilines is 1. The van der Waals surface area contributed by atoms with Crippen LogP contribution in [0.4, 0.5) is 5.69 Å². The average molecular weight is 425 g/mol. The highest BCUT2D eigenvalue weighted by atomic mass is 32.2. The van der Waals surface area contributed by atoms with Crippen LogP contribution in [-0.2, 0) is 26.5 Å². The maximum atomic E-state index is 13.4. The number of benzene rings is 2. The summed E-state index contributed by atoms with van der Waals surface area (Å²) in [6.07, 6.45) is 0.458. The molecular formula is C19H24N2O5S2. The number of aryl methyl sites for hydroxylation is 2. The molecule has 9 heteroatoms. The van der Waals surface area contributed by atoms with Crippen molar-refractivity contribution in [2.75, 3.05) is 32.1 Å². The van der Waals surface area contributed by atoms with Gasteiger partial charge in [0, 0.05) is 20.6 Å². The molecule has 0 aromatic heterocycles. The number of ether oxygens (including phenoxy) is 1. The summed E-state index contributed by atoms with van der Waals surface area (Å²) >= 11 is 0. The van der Waals surface area contributed by atoms with Crippen LogP contribution in [0.1, 0.15) is 16.7 Å². The lowest BCUT2D eigenvalue weighted by molar-refractivity contribution is 0.413. The number of rotatable bonds is 5. The lowest BCUT2D eigenvalue weighted by Crippen LogP contribution is -2.30. The van der Waals surface area contributed by atoms with Crippen molar-refractivity contribution in [2.45, 2.75) is 30.1 Å². The number of sulfonamides is 2. The maximum Gasteiger partial charge on any atom is 0.264 e. The van der Waals surface area contributed by atoms with Gasteiger partial charge in [0.15, 0.2) is 0 Å². The van der Waals surface area contributed by atoms with Gasteiger partial charge in [-0.2, -0.15) is 0 Å². The van der Waals surface area contributed by atoms with Gasteiger partial charge in [-0.15, -0.1) is 0 Å². The van der Waals surface area contributed by atoms with Gasteiger partial charge in [-0.25, -0.2) is 21.1 Å². The molecule has 28 heavy (non-hydrogen) atoms. The van der Waals surface area contributed by atoms with E-state index in [0.717, 1.165) is 4.31 Å². The Morgan fingerprint density at radius 3 is 2.14 bits per heavy atom. The van der Waals surface area contributed by atoms with Crippen LogP contribution < -0.4 is 9.04 Å². The minimum Gasteiger partial charge on any atom is -0.497 e. The van der Waals surface area contributed by atoms with E-state index in [1.807, 2.05) is 0 Å². The highest BCUT2D eigenvalue weighted by Crippen LogP contribution is 2.37. The summed E-state index contributed by atoms with van der Waals surface area (Å²) in [5.74, 6) is 0.606. The Bertz CT molecular complexity index is 1120. The standard InChI is InChI=1S/C19H24N2O5S2/c1-13-10-16(26-5)11-14(2)19(13)28(24,25)21-9-8-15-12-17(6-7-18(15)21)27(22,23)20(3)4/h6-7,10-12H,8-9H2,1-5H3. The maximum absolute atomic E-state index is 13.4. The molecule has 0 N–H and O–H groups in total. The summed E-state index contributed by atoms with van der Waals surface area (Å²) in [6.45, 7) is 3.76. The SMILES string of the molecule is COc1cc(C)c(S(=O)(=O)N2CCc3cc(S(=O)(=O)N(C)C)ccc32)c(C)c1. The van der Waals surface area contributed by atoms with Crippen LogP contribution in [0.2, 0.25) is 0 Å². The fourth-order valence-corrected chi connectivity index (χ4v) is 6.39. The Labute approximate surface area is 166 Å².